The summed E-state index contributed by atoms with van der Waals surface area (Å²) in [7, 11) is 0. The van der Waals surface area contributed by atoms with Crippen LogP contribution in [0.4, 0.5) is 4.39 Å². The van der Waals surface area contributed by atoms with Crippen LogP contribution in [0, 0.1) is 11.7 Å². The zero-order chi connectivity index (χ0) is 13.9. The van der Waals surface area contributed by atoms with Crippen molar-refractivity contribution in [3.63, 3.8) is 0 Å². The molecular weight excluding hydrogens is 275 g/mol. The number of rotatable bonds is 4. The molecule has 2 N–H and O–H groups in total. The van der Waals surface area contributed by atoms with E-state index in [1.807, 2.05) is 6.07 Å². The Kier molecular flexibility index (Phi) is 3.98. The van der Waals surface area contributed by atoms with Gasteiger partial charge in [-0.25, -0.2) is 4.39 Å². The van der Waals surface area contributed by atoms with Gasteiger partial charge >= 0.3 is 0 Å². The van der Waals surface area contributed by atoms with E-state index in [1.54, 1.807) is 6.07 Å². The second kappa shape index (κ2) is 5.89. The van der Waals surface area contributed by atoms with Crippen LogP contribution in [0.5, 0.6) is 0 Å². The third-order valence-corrected chi connectivity index (χ3v) is 4.80. The lowest BCUT2D eigenvalue weighted by Gasteiger charge is -2.08. The van der Waals surface area contributed by atoms with Crippen LogP contribution in [0.1, 0.15) is 22.5 Å². The zero-order valence-electron chi connectivity index (χ0n) is 11.1. The van der Waals surface area contributed by atoms with Crippen LogP contribution in [0.3, 0.4) is 0 Å². The van der Waals surface area contributed by atoms with Crippen molar-refractivity contribution in [3.05, 3.63) is 35.0 Å². The zero-order valence-corrected chi connectivity index (χ0v) is 11.9. The van der Waals surface area contributed by atoms with Crippen LogP contribution in [-0.2, 0) is 0 Å². The maximum atomic E-state index is 13.1. The SMILES string of the molecule is O=C(NCCC1CCNC1)c1cc2ccc(F)cc2s1. The molecule has 1 amide bonds. The molecule has 1 saturated heterocycles. The number of carbonyl (C=O) groups excluding carboxylic acids is 1. The standard InChI is InChI=1S/C15H17FN2OS/c16-12-2-1-11-7-14(20-13(11)8-12)15(19)18-6-4-10-3-5-17-9-10/h1-2,7-8,10,17H,3-6,9H2,(H,18,19). The van der Waals surface area contributed by atoms with Crippen molar-refractivity contribution < 1.29 is 9.18 Å². The number of fused-ring (bicyclic) bond motifs is 1. The summed E-state index contributed by atoms with van der Waals surface area (Å²) in [5.41, 5.74) is 0. The third kappa shape index (κ3) is 2.99. The molecule has 20 heavy (non-hydrogen) atoms. The summed E-state index contributed by atoms with van der Waals surface area (Å²) >= 11 is 1.34. The van der Waals surface area contributed by atoms with E-state index in [9.17, 15) is 9.18 Å². The molecule has 3 rings (SSSR count). The minimum atomic E-state index is -0.264. The highest BCUT2D eigenvalue weighted by molar-refractivity contribution is 7.20. The fraction of sp³-hybridized carbons (Fsp3) is 0.400. The Morgan fingerprint density at radius 3 is 3.15 bits per heavy atom. The molecule has 0 spiro atoms. The Bertz CT molecular complexity index is 619. The van der Waals surface area contributed by atoms with Crippen molar-refractivity contribution in [1.82, 2.24) is 10.6 Å². The van der Waals surface area contributed by atoms with E-state index >= 15 is 0 Å². The fourth-order valence-electron chi connectivity index (χ4n) is 2.55. The second-order valence-corrected chi connectivity index (χ2v) is 6.28. The number of hydrogen-bond donors (Lipinski definition) is 2. The molecule has 5 heteroatoms. The van der Waals surface area contributed by atoms with Gasteiger partial charge in [0.1, 0.15) is 5.82 Å². The van der Waals surface area contributed by atoms with Gasteiger partial charge in [-0.3, -0.25) is 4.79 Å². The predicted octanol–water partition coefficient (Wildman–Crippen LogP) is 2.77. The average molecular weight is 292 g/mol. The summed E-state index contributed by atoms with van der Waals surface area (Å²) in [6.07, 6.45) is 2.20. The first kappa shape index (κ1) is 13.5. The van der Waals surface area contributed by atoms with Gasteiger partial charge in [0.2, 0.25) is 0 Å². The average Bonchev–Trinajstić information content (AvgIpc) is 3.06. The monoisotopic (exact) mass is 292 g/mol. The maximum Gasteiger partial charge on any atom is 0.261 e. The summed E-state index contributed by atoms with van der Waals surface area (Å²) < 4.78 is 13.9. The molecule has 3 nitrogen and oxygen atoms in total. The number of benzene rings is 1. The summed E-state index contributed by atoms with van der Waals surface area (Å²) in [6.45, 7) is 2.84. The van der Waals surface area contributed by atoms with E-state index in [0.29, 0.717) is 17.3 Å². The number of thiophene rings is 1. The van der Waals surface area contributed by atoms with Gasteiger partial charge in [0.15, 0.2) is 0 Å². The largest absolute Gasteiger partial charge is 0.351 e. The van der Waals surface area contributed by atoms with Crippen molar-refractivity contribution in [2.75, 3.05) is 19.6 Å². The molecule has 1 aliphatic heterocycles. The second-order valence-electron chi connectivity index (χ2n) is 5.20. The first-order valence-electron chi connectivity index (χ1n) is 6.90. The molecule has 0 bridgehead atoms. The summed E-state index contributed by atoms with van der Waals surface area (Å²) in [4.78, 5) is 12.7. The molecule has 2 heterocycles. The molecule has 1 aromatic heterocycles. The molecule has 1 atom stereocenters. The summed E-state index contributed by atoms with van der Waals surface area (Å²) in [5, 5.41) is 7.19. The van der Waals surface area contributed by atoms with E-state index in [4.69, 9.17) is 0 Å². The van der Waals surface area contributed by atoms with Gasteiger partial charge in [0.05, 0.1) is 4.88 Å². The number of carbonyl (C=O) groups is 1. The van der Waals surface area contributed by atoms with Crippen molar-refractivity contribution in [1.29, 1.82) is 0 Å². The molecule has 1 aromatic carbocycles. The van der Waals surface area contributed by atoms with E-state index in [-0.39, 0.29) is 11.7 Å². The molecule has 2 aromatic rings. The van der Waals surface area contributed by atoms with Crippen LogP contribution < -0.4 is 10.6 Å². The molecule has 0 radical (unpaired) electrons. The molecular formula is C15H17FN2OS. The lowest BCUT2D eigenvalue weighted by Crippen LogP contribution is -2.25. The normalized spacial score (nSPS) is 18.6. The highest BCUT2D eigenvalue weighted by atomic mass is 32.1. The van der Waals surface area contributed by atoms with Gasteiger partial charge in [-0.1, -0.05) is 6.07 Å². The molecule has 1 fully saturated rings. The minimum Gasteiger partial charge on any atom is -0.351 e. The summed E-state index contributed by atoms with van der Waals surface area (Å²) in [5.74, 6) is 0.351. The molecule has 1 aliphatic rings. The van der Waals surface area contributed by atoms with Crippen molar-refractivity contribution in [2.45, 2.75) is 12.8 Å². The minimum absolute atomic E-state index is 0.0578. The van der Waals surface area contributed by atoms with E-state index in [1.165, 1.54) is 29.9 Å². The third-order valence-electron chi connectivity index (χ3n) is 3.71. The lowest BCUT2D eigenvalue weighted by atomic mass is 10.1. The van der Waals surface area contributed by atoms with E-state index in [0.717, 1.165) is 29.6 Å². The Labute approximate surface area is 121 Å². The summed E-state index contributed by atoms with van der Waals surface area (Å²) in [6, 6.07) is 6.43. The van der Waals surface area contributed by atoms with Gasteiger partial charge in [-0.2, -0.15) is 0 Å². The maximum absolute atomic E-state index is 13.1. The van der Waals surface area contributed by atoms with Crippen LogP contribution in [0.2, 0.25) is 0 Å². The predicted molar refractivity (Wildman–Crippen MR) is 79.7 cm³/mol. The Morgan fingerprint density at radius 1 is 1.45 bits per heavy atom. The van der Waals surface area contributed by atoms with Crippen molar-refractivity contribution in [2.24, 2.45) is 5.92 Å². The molecule has 106 valence electrons. The van der Waals surface area contributed by atoms with Gasteiger partial charge < -0.3 is 10.6 Å². The molecule has 1 unspecified atom stereocenters. The number of amides is 1. The number of halogens is 1. The van der Waals surface area contributed by atoms with Crippen LogP contribution in [-0.4, -0.2) is 25.5 Å². The van der Waals surface area contributed by atoms with Crippen molar-refractivity contribution >= 4 is 27.3 Å². The van der Waals surface area contributed by atoms with Gasteiger partial charge in [-0.15, -0.1) is 11.3 Å². The first-order valence-corrected chi connectivity index (χ1v) is 7.72. The van der Waals surface area contributed by atoms with Gasteiger partial charge in [0, 0.05) is 11.2 Å². The van der Waals surface area contributed by atoms with E-state index in [2.05, 4.69) is 10.6 Å². The van der Waals surface area contributed by atoms with Gasteiger partial charge in [0.25, 0.3) is 5.91 Å². The van der Waals surface area contributed by atoms with Gasteiger partial charge in [-0.05, 0) is 55.4 Å². The Morgan fingerprint density at radius 2 is 2.35 bits per heavy atom. The fourth-order valence-corrected chi connectivity index (χ4v) is 3.56. The number of hydrogen-bond acceptors (Lipinski definition) is 3. The van der Waals surface area contributed by atoms with E-state index < -0.39 is 0 Å². The van der Waals surface area contributed by atoms with Crippen molar-refractivity contribution in [3.8, 4) is 0 Å². The highest BCUT2D eigenvalue weighted by Gasteiger charge is 2.15. The smallest absolute Gasteiger partial charge is 0.261 e. The number of nitrogens with one attached hydrogen (secondary N) is 2. The van der Waals surface area contributed by atoms with Crippen LogP contribution in [0.15, 0.2) is 24.3 Å². The first-order chi connectivity index (χ1) is 9.72. The van der Waals surface area contributed by atoms with Crippen LogP contribution >= 0.6 is 11.3 Å². The molecule has 0 aliphatic carbocycles. The highest BCUT2D eigenvalue weighted by Crippen LogP contribution is 2.26. The molecule has 0 saturated carbocycles. The lowest BCUT2D eigenvalue weighted by molar-refractivity contribution is 0.0956. The Balaban J connectivity index is 1.60. The topological polar surface area (TPSA) is 41.1 Å². The Hall–Kier alpha value is -1.46. The quantitative estimate of drug-likeness (QED) is 0.910. The van der Waals surface area contributed by atoms with Crippen LogP contribution in [0.25, 0.3) is 10.1 Å².